The van der Waals surface area contributed by atoms with Crippen molar-refractivity contribution < 1.29 is 123 Å². The van der Waals surface area contributed by atoms with Crippen LogP contribution in [-0.4, -0.2) is 48.7 Å². The largest absolute Gasteiger partial charge is 0.604 e. The van der Waals surface area contributed by atoms with E-state index in [1.807, 2.05) is 0 Å². The molecular weight excluding hydrogens is 904 g/mol. The van der Waals surface area contributed by atoms with E-state index in [4.69, 9.17) is 0 Å². The molecule has 0 aliphatic carbocycles. The average Bonchev–Trinajstić information content (AvgIpc) is 3.38. The van der Waals surface area contributed by atoms with Crippen LogP contribution in [0, 0.1) is 34.9 Å². The van der Waals surface area contributed by atoms with Crippen molar-refractivity contribution in [2.24, 2.45) is 0 Å². The predicted octanol–water partition coefficient (Wildman–Crippen LogP) is 8.11. The summed E-state index contributed by atoms with van der Waals surface area (Å²) in [6.45, 7) is 0. The minimum absolute atomic E-state index is 2.89. The van der Waals surface area contributed by atoms with Crippen molar-refractivity contribution in [3.8, 4) is 0 Å². The van der Waals surface area contributed by atoms with E-state index >= 15 is 26.3 Å². The quantitative estimate of drug-likeness (QED) is 0.154. The lowest BCUT2D eigenvalue weighted by Gasteiger charge is -2.16. The molecule has 3 aromatic carbocycles. The highest BCUT2D eigenvalue weighted by atomic mass is 32.2. The molecule has 4 nitrogen and oxygen atoms in total. The fourth-order valence-corrected chi connectivity index (χ4v) is 7.25. The van der Waals surface area contributed by atoms with Gasteiger partial charge >= 0.3 is 35.1 Å². The molecule has 0 aliphatic rings. The smallest absolute Gasteiger partial charge is 0.578 e. The number of halogens is 24. The van der Waals surface area contributed by atoms with Gasteiger partial charge < -0.3 is 18.1 Å². The van der Waals surface area contributed by atoms with E-state index in [-0.39, 0.29) is 0 Å². The van der Waals surface area contributed by atoms with Gasteiger partial charge in [0.1, 0.15) is 72.5 Å². The van der Waals surface area contributed by atoms with Crippen LogP contribution in [0.5, 0.6) is 0 Å². The van der Waals surface area contributed by atoms with Crippen LogP contribution < -0.4 is 15.7 Å². The first kappa shape index (κ1) is 44.4. The Balaban J connectivity index is 2.70. The Kier molecular flexibility index (Phi) is 10.8. The van der Waals surface area contributed by atoms with Gasteiger partial charge in [0.15, 0.2) is 22.8 Å². The summed E-state index contributed by atoms with van der Waals surface area (Å²) < 4.78 is 377. The lowest BCUT2D eigenvalue weighted by molar-refractivity contribution is -0.0724. The molecule has 4 aromatic rings. The third-order valence-electron chi connectivity index (χ3n) is 6.64. The second kappa shape index (κ2) is 13.4. The number of hydrogen-bond acceptors (Lipinski definition) is 4. The zero-order valence-electron chi connectivity index (χ0n) is 23.9. The zero-order chi connectivity index (χ0) is 42.8. The maximum Gasteiger partial charge on any atom is 0.578 e. The van der Waals surface area contributed by atoms with Crippen molar-refractivity contribution >= 4 is 81.0 Å². The van der Waals surface area contributed by atoms with Crippen LogP contribution in [-0.2, 0) is 33.5 Å². The van der Waals surface area contributed by atoms with Crippen LogP contribution in [0.15, 0.2) is 4.42 Å². The van der Waals surface area contributed by atoms with Crippen molar-refractivity contribution in [3.63, 3.8) is 0 Å². The summed E-state index contributed by atoms with van der Waals surface area (Å²) >= 11 is -17.2. The first-order valence-corrected chi connectivity index (χ1v) is 15.9. The molecule has 3 atom stereocenters. The van der Waals surface area contributed by atoms with Crippen molar-refractivity contribution in [2.75, 3.05) is 0 Å². The Bertz CT molecular complexity index is 2270. The van der Waals surface area contributed by atoms with E-state index in [1.54, 1.807) is 0 Å². The third-order valence-corrected chi connectivity index (χ3v) is 10.3. The Morgan fingerprint density at radius 2 is 0.545 bits per heavy atom. The third kappa shape index (κ3) is 7.26. The highest BCUT2D eigenvalue weighted by Crippen LogP contribution is 2.46. The molecule has 0 saturated heterocycles. The van der Waals surface area contributed by atoms with Crippen LogP contribution >= 0.6 is 0 Å². The molecule has 3 unspecified atom stereocenters. The van der Waals surface area contributed by atoms with Gasteiger partial charge in [-0.1, -0.05) is 0 Å². The first-order valence-electron chi connectivity index (χ1n) is 12.4. The molecule has 1 heterocycles. The molecule has 0 amide bonds. The van der Waals surface area contributed by atoms with E-state index in [1.165, 1.54) is 0 Å². The van der Waals surface area contributed by atoms with Crippen molar-refractivity contribution in [2.45, 2.75) is 35.1 Å². The van der Waals surface area contributed by atoms with Gasteiger partial charge in [-0.25, -0.2) is 26.3 Å². The van der Waals surface area contributed by atoms with Crippen LogP contribution in [0.4, 0.5) is 105 Å². The normalized spacial score (nSPS) is 17.7. The summed E-state index contributed by atoms with van der Waals surface area (Å²) in [7, 11) is 0. The van der Waals surface area contributed by atoms with Crippen molar-refractivity contribution in [1.82, 2.24) is 0 Å². The number of alkyl halides is 18. The number of fused-ring (bicyclic) bond motifs is 5. The summed E-state index contributed by atoms with van der Waals surface area (Å²) in [5.41, 5.74) is -26.1. The molecule has 31 heteroatoms. The average molecular weight is 904 g/mol. The lowest BCUT2D eigenvalue weighted by Crippen LogP contribution is -2.36. The maximum atomic E-state index is 16.0. The van der Waals surface area contributed by atoms with Gasteiger partial charge in [0, 0.05) is 10.8 Å². The predicted molar refractivity (Wildman–Crippen MR) is 136 cm³/mol. The Labute approximate surface area is 290 Å². The van der Waals surface area contributed by atoms with Crippen molar-refractivity contribution in [3.05, 3.63) is 50.6 Å². The minimum atomic E-state index is -6.97. The van der Waals surface area contributed by atoms with Crippen LogP contribution in [0.3, 0.4) is 0 Å². The number of rotatable bonds is 3. The van der Waals surface area contributed by atoms with Gasteiger partial charge in [0.2, 0.25) is 0 Å². The number of hydrogen-bond donors (Lipinski definition) is 0. The highest BCUT2D eigenvalue weighted by Gasteiger charge is 2.61. The van der Waals surface area contributed by atoms with Gasteiger partial charge in [-0.2, -0.15) is 39.5 Å². The molecule has 55 heavy (non-hydrogen) atoms. The SMILES string of the molecule is [O-][S+](/C(=c1\c(F)c2oc3c(F)/c(=C(/[S+]([O-])C(F)(F)F)C(F)(F)F)c(F)c3c3c(F)/c(=C(/[S+]([O-])C(F)(F)F)C(F)(F)F)c(F)c3c2c1F)C(F)(F)F)C(F)(F)F. The molecular formula is C24F24O4S3. The van der Waals surface area contributed by atoms with Gasteiger partial charge in [0.05, 0.1) is 10.8 Å². The van der Waals surface area contributed by atoms with Gasteiger partial charge in [-0.05, 0) is 0 Å². The molecule has 0 bridgehead atoms. The molecule has 0 fully saturated rings. The second-order valence-electron chi connectivity index (χ2n) is 9.89. The topological polar surface area (TPSA) is 82.3 Å². The van der Waals surface area contributed by atoms with E-state index in [0.29, 0.717) is 0 Å². The van der Waals surface area contributed by atoms with E-state index in [2.05, 4.69) is 4.42 Å². The standard InChI is InChI=1S/C24F24O4S3/c25-8-1-2(9(26)5(8)16(19(31,32)33)53(49)22(40,41)42)4-11(28)7(18(21(37,38)39)55(51)24(46,47)48)13(30)15(4)52-14-3(1)10(27)6(12(14)29)17(20(34,35)36)54(50)23(43,44)45/b16-5-,17-6+,18-7-. The molecule has 0 N–H and O–H groups in total. The first-order chi connectivity index (χ1) is 24.4. The Morgan fingerprint density at radius 3 is 0.745 bits per heavy atom. The molecule has 0 spiro atoms. The summed E-state index contributed by atoms with van der Waals surface area (Å²) in [6.07, 6.45) is -20.8. The molecule has 0 radical (unpaired) electrons. The fourth-order valence-electron chi connectivity index (χ4n) is 4.83. The van der Waals surface area contributed by atoms with Crippen LogP contribution in [0.1, 0.15) is 0 Å². The van der Waals surface area contributed by atoms with Gasteiger partial charge in [-0.3, -0.25) is 0 Å². The molecule has 1 aromatic heterocycles. The summed E-state index contributed by atoms with van der Waals surface area (Å²) in [5.74, 6) is -21.3. The van der Waals surface area contributed by atoms with Gasteiger partial charge in [0.25, 0.3) is 14.7 Å². The molecule has 0 aliphatic heterocycles. The summed E-state index contributed by atoms with van der Waals surface area (Å²) in [5, 5.41) is -22.1. The molecule has 4 rings (SSSR count). The summed E-state index contributed by atoms with van der Waals surface area (Å²) in [4.78, 5) is -11.9. The minimum Gasteiger partial charge on any atom is -0.604 e. The monoisotopic (exact) mass is 904 g/mol. The molecule has 306 valence electrons. The van der Waals surface area contributed by atoms with Crippen LogP contribution in [0.25, 0.3) is 47.4 Å². The summed E-state index contributed by atoms with van der Waals surface area (Å²) in [6, 6.07) is 0. The Hall–Kier alpha value is -3.29. The van der Waals surface area contributed by atoms with E-state index in [9.17, 15) is 92.7 Å². The van der Waals surface area contributed by atoms with E-state index in [0.717, 1.165) is 0 Å². The molecule has 0 saturated carbocycles. The lowest BCUT2D eigenvalue weighted by atomic mass is 10.1. The van der Waals surface area contributed by atoms with Crippen molar-refractivity contribution in [1.29, 1.82) is 0 Å². The van der Waals surface area contributed by atoms with Crippen LogP contribution in [0.2, 0.25) is 0 Å². The highest BCUT2D eigenvalue weighted by molar-refractivity contribution is 8.01. The second-order valence-corrected chi connectivity index (χ2v) is 14.1. The zero-order valence-corrected chi connectivity index (χ0v) is 26.4. The Morgan fingerprint density at radius 1 is 0.345 bits per heavy atom. The van der Waals surface area contributed by atoms with E-state index < -0.39 is 167 Å². The fraction of sp³-hybridized carbons (Fsp3) is 0.250. The van der Waals surface area contributed by atoms with Gasteiger partial charge in [-0.15, -0.1) is 39.5 Å². The maximum absolute atomic E-state index is 16.0.